The summed E-state index contributed by atoms with van der Waals surface area (Å²) in [4.78, 5) is 2.41. The molecule has 0 N–H and O–H groups in total. The standard InChI is InChI=1S/C64H44N2/c1-4-19-45(20-5-1)48-23-18-24-49(43-48)60-44-50(55-27-12-15-32-61(55)66-62-33-16-13-30-58(62)59-31-14-17-34-63(59)66)37-42-64(60)65(51-25-8-3-9-26-51)52-38-35-47(36-39-52)54-41-40-53(46-21-6-2-7-22-46)56-28-10-11-29-57(54)56/h1-44H. The predicted octanol–water partition coefficient (Wildman–Crippen LogP) is 17.7. The van der Waals surface area contributed by atoms with E-state index >= 15 is 0 Å². The number of hydrogen-bond donors (Lipinski definition) is 0. The Morgan fingerprint density at radius 3 is 1.35 bits per heavy atom. The van der Waals surface area contributed by atoms with Crippen LogP contribution in [0.2, 0.25) is 0 Å². The molecular formula is C64H44N2. The summed E-state index contributed by atoms with van der Waals surface area (Å²) in [6.45, 7) is 0. The highest BCUT2D eigenvalue weighted by Crippen LogP contribution is 2.46. The summed E-state index contributed by atoms with van der Waals surface area (Å²) >= 11 is 0. The second-order valence-electron chi connectivity index (χ2n) is 16.9. The van der Waals surface area contributed by atoms with Gasteiger partial charge in [0, 0.05) is 33.3 Å². The number of hydrogen-bond acceptors (Lipinski definition) is 1. The molecule has 0 saturated heterocycles. The van der Waals surface area contributed by atoms with Crippen molar-refractivity contribution < 1.29 is 0 Å². The van der Waals surface area contributed by atoms with Crippen molar-refractivity contribution >= 4 is 49.6 Å². The van der Waals surface area contributed by atoms with Gasteiger partial charge in [-0.3, -0.25) is 0 Å². The summed E-state index contributed by atoms with van der Waals surface area (Å²) in [5.41, 5.74) is 18.6. The average molecular weight is 841 g/mol. The van der Waals surface area contributed by atoms with E-state index in [0.29, 0.717) is 0 Å². The number of rotatable bonds is 9. The van der Waals surface area contributed by atoms with E-state index in [4.69, 9.17) is 0 Å². The molecule has 11 aromatic carbocycles. The van der Waals surface area contributed by atoms with Crippen molar-refractivity contribution in [2.24, 2.45) is 0 Å². The molecule has 1 heterocycles. The summed E-state index contributed by atoms with van der Waals surface area (Å²) in [6, 6.07) is 96.9. The molecule has 12 aromatic rings. The number of fused-ring (bicyclic) bond motifs is 4. The Balaban J connectivity index is 1.03. The van der Waals surface area contributed by atoms with Crippen molar-refractivity contribution in [3.8, 4) is 61.3 Å². The molecule has 2 nitrogen and oxygen atoms in total. The second kappa shape index (κ2) is 16.8. The largest absolute Gasteiger partial charge is 0.310 e. The fraction of sp³-hybridized carbons (Fsp3) is 0. The van der Waals surface area contributed by atoms with Crippen LogP contribution < -0.4 is 4.90 Å². The van der Waals surface area contributed by atoms with E-state index in [9.17, 15) is 0 Å². The first-order valence-corrected chi connectivity index (χ1v) is 22.7. The van der Waals surface area contributed by atoms with Crippen molar-refractivity contribution in [2.45, 2.75) is 0 Å². The van der Waals surface area contributed by atoms with Crippen molar-refractivity contribution in [3.05, 3.63) is 267 Å². The minimum absolute atomic E-state index is 1.08. The molecule has 0 radical (unpaired) electrons. The van der Waals surface area contributed by atoms with Crippen LogP contribution in [0.4, 0.5) is 17.1 Å². The molecular weight excluding hydrogens is 797 g/mol. The van der Waals surface area contributed by atoms with Crippen LogP contribution in [0.15, 0.2) is 267 Å². The Morgan fingerprint density at radius 1 is 0.242 bits per heavy atom. The molecule has 0 bridgehead atoms. The maximum Gasteiger partial charge on any atom is 0.0541 e. The van der Waals surface area contributed by atoms with Crippen LogP contribution >= 0.6 is 0 Å². The quantitative estimate of drug-likeness (QED) is 0.141. The number of para-hydroxylation sites is 4. The first-order chi connectivity index (χ1) is 32.8. The molecule has 0 spiro atoms. The molecule has 0 aliphatic rings. The fourth-order valence-corrected chi connectivity index (χ4v) is 9.94. The van der Waals surface area contributed by atoms with Gasteiger partial charge in [0.1, 0.15) is 0 Å². The van der Waals surface area contributed by atoms with Gasteiger partial charge in [-0.05, 0) is 116 Å². The van der Waals surface area contributed by atoms with Gasteiger partial charge in [0.2, 0.25) is 0 Å². The Labute approximate surface area is 385 Å². The second-order valence-corrected chi connectivity index (χ2v) is 16.9. The van der Waals surface area contributed by atoms with Crippen molar-refractivity contribution in [1.82, 2.24) is 4.57 Å². The van der Waals surface area contributed by atoms with E-state index in [0.717, 1.165) is 45.0 Å². The predicted molar refractivity (Wildman–Crippen MR) is 280 cm³/mol. The molecule has 0 fully saturated rings. The van der Waals surface area contributed by atoms with E-state index in [1.165, 1.54) is 66.0 Å². The summed E-state index contributed by atoms with van der Waals surface area (Å²) in [6.07, 6.45) is 0. The van der Waals surface area contributed by atoms with Crippen LogP contribution in [-0.4, -0.2) is 4.57 Å². The molecule has 1 aromatic heterocycles. The molecule has 310 valence electrons. The molecule has 0 unspecified atom stereocenters. The third kappa shape index (κ3) is 6.93. The van der Waals surface area contributed by atoms with Gasteiger partial charge in [-0.2, -0.15) is 0 Å². The van der Waals surface area contributed by atoms with Crippen LogP contribution in [0.3, 0.4) is 0 Å². The molecule has 12 rings (SSSR count). The number of benzene rings is 11. The molecule has 66 heavy (non-hydrogen) atoms. The highest BCUT2D eigenvalue weighted by Gasteiger charge is 2.21. The number of anilines is 3. The monoisotopic (exact) mass is 840 g/mol. The van der Waals surface area contributed by atoms with Gasteiger partial charge in [0.05, 0.1) is 22.4 Å². The van der Waals surface area contributed by atoms with E-state index in [1.807, 2.05) is 0 Å². The minimum Gasteiger partial charge on any atom is -0.310 e. The SMILES string of the molecule is c1ccc(-c2cccc(-c3cc(-c4ccccc4-n4c5ccccc5c5ccccc54)ccc3N(c3ccccc3)c3ccc(-c4ccc(-c5ccccc5)c5ccccc45)cc3)c2)cc1. The van der Waals surface area contributed by atoms with Gasteiger partial charge in [0.25, 0.3) is 0 Å². The van der Waals surface area contributed by atoms with Crippen LogP contribution in [-0.2, 0) is 0 Å². The lowest BCUT2D eigenvalue weighted by Crippen LogP contribution is -2.11. The smallest absolute Gasteiger partial charge is 0.0541 e. The van der Waals surface area contributed by atoms with Gasteiger partial charge < -0.3 is 9.47 Å². The Bertz CT molecular complexity index is 3630. The maximum absolute atomic E-state index is 2.43. The third-order valence-electron chi connectivity index (χ3n) is 13.0. The van der Waals surface area contributed by atoms with Crippen LogP contribution in [0.25, 0.3) is 93.9 Å². The van der Waals surface area contributed by atoms with E-state index < -0.39 is 0 Å². The lowest BCUT2D eigenvalue weighted by atomic mass is 9.92. The van der Waals surface area contributed by atoms with Gasteiger partial charge in [-0.15, -0.1) is 0 Å². The number of nitrogens with zero attached hydrogens (tertiary/aromatic N) is 2. The zero-order chi connectivity index (χ0) is 43.8. The lowest BCUT2D eigenvalue weighted by Gasteiger charge is -2.29. The van der Waals surface area contributed by atoms with Crippen molar-refractivity contribution in [3.63, 3.8) is 0 Å². The molecule has 0 amide bonds. The van der Waals surface area contributed by atoms with E-state index in [-0.39, 0.29) is 0 Å². The Hall–Kier alpha value is -8.72. The minimum atomic E-state index is 1.08. The Morgan fingerprint density at radius 2 is 0.697 bits per heavy atom. The van der Waals surface area contributed by atoms with Gasteiger partial charge in [-0.25, -0.2) is 0 Å². The van der Waals surface area contributed by atoms with E-state index in [1.54, 1.807) is 0 Å². The van der Waals surface area contributed by atoms with Gasteiger partial charge in [-0.1, -0.05) is 206 Å². The molecule has 0 saturated carbocycles. The normalized spacial score (nSPS) is 11.3. The lowest BCUT2D eigenvalue weighted by molar-refractivity contribution is 1.18. The van der Waals surface area contributed by atoms with Crippen LogP contribution in [0, 0.1) is 0 Å². The topological polar surface area (TPSA) is 8.17 Å². The average Bonchev–Trinajstić information content (AvgIpc) is 3.74. The molecule has 0 atom stereocenters. The summed E-state index contributed by atoms with van der Waals surface area (Å²) in [7, 11) is 0. The van der Waals surface area contributed by atoms with Gasteiger partial charge >= 0.3 is 0 Å². The van der Waals surface area contributed by atoms with Crippen molar-refractivity contribution in [2.75, 3.05) is 4.90 Å². The summed E-state index contributed by atoms with van der Waals surface area (Å²) in [5, 5.41) is 4.99. The highest BCUT2D eigenvalue weighted by molar-refractivity contribution is 6.10. The van der Waals surface area contributed by atoms with E-state index in [2.05, 4.69) is 276 Å². The summed E-state index contributed by atoms with van der Waals surface area (Å²) in [5.74, 6) is 0. The first-order valence-electron chi connectivity index (χ1n) is 22.7. The van der Waals surface area contributed by atoms with Crippen molar-refractivity contribution in [1.29, 1.82) is 0 Å². The Kier molecular flexibility index (Phi) is 9.89. The fourth-order valence-electron chi connectivity index (χ4n) is 9.94. The molecule has 2 heteroatoms. The van der Waals surface area contributed by atoms with Gasteiger partial charge in [0.15, 0.2) is 0 Å². The zero-order valence-electron chi connectivity index (χ0n) is 36.3. The summed E-state index contributed by atoms with van der Waals surface area (Å²) < 4.78 is 2.43. The maximum atomic E-state index is 2.43. The molecule has 0 aliphatic heterocycles. The highest BCUT2D eigenvalue weighted by atomic mass is 15.1. The number of aromatic nitrogens is 1. The first kappa shape index (κ1) is 38.9. The molecule has 0 aliphatic carbocycles. The van der Waals surface area contributed by atoms with Crippen LogP contribution in [0.1, 0.15) is 0 Å². The zero-order valence-corrected chi connectivity index (χ0v) is 36.3. The van der Waals surface area contributed by atoms with Crippen LogP contribution in [0.5, 0.6) is 0 Å². The third-order valence-corrected chi connectivity index (χ3v) is 13.0.